The van der Waals surface area contributed by atoms with Gasteiger partial charge in [-0.3, -0.25) is 0 Å². The number of hydrogen-bond acceptors (Lipinski definition) is 2. The molecule has 2 rings (SSSR count). The Bertz CT molecular complexity index is 523. The number of pyridine rings is 2. The lowest BCUT2D eigenvalue weighted by atomic mass is 10.1. The van der Waals surface area contributed by atoms with Crippen molar-refractivity contribution in [2.75, 3.05) is 0 Å². The number of hydrogen-bond donors (Lipinski definition) is 0. The molecule has 0 aliphatic carbocycles. The fourth-order valence-corrected chi connectivity index (χ4v) is 1.62. The molecule has 0 atom stereocenters. The van der Waals surface area contributed by atoms with Crippen LogP contribution in [-0.4, -0.2) is 0 Å². The van der Waals surface area contributed by atoms with Crippen molar-refractivity contribution < 1.29 is 9.46 Å². The first-order valence-corrected chi connectivity index (χ1v) is 6.77. The highest BCUT2D eigenvalue weighted by molar-refractivity contribution is 5.11. The van der Waals surface area contributed by atoms with Crippen LogP contribution >= 0.6 is 0 Å². The van der Waals surface area contributed by atoms with Gasteiger partial charge in [0.15, 0.2) is 24.8 Å². The second-order valence-corrected chi connectivity index (χ2v) is 5.30. The summed E-state index contributed by atoms with van der Waals surface area (Å²) >= 11 is 0. The highest BCUT2D eigenvalue weighted by Gasteiger charge is 2.00. The molecule has 2 heterocycles. The van der Waals surface area contributed by atoms with Crippen molar-refractivity contribution in [2.24, 2.45) is 0 Å². The molecular formula is C18H30N2O2. The first-order chi connectivity index (χ1) is 9.40. The van der Waals surface area contributed by atoms with Crippen LogP contribution in [-0.2, 0) is 0 Å². The molecule has 0 fully saturated rings. The van der Waals surface area contributed by atoms with Gasteiger partial charge in [0.05, 0.1) is 0 Å². The molecule has 0 spiro atoms. The lowest BCUT2D eigenvalue weighted by molar-refractivity contribution is -0.606. The summed E-state index contributed by atoms with van der Waals surface area (Å²) in [7, 11) is 0. The van der Waals surface area contributed by atoms with E-state index in [1.165, 1.54) is 24.2 Å². The number of rotatable bonds is 2. The van der Waals surface area contributed by atoms with Gasteiger partial charge in [-0.1, -0.05) is 42.5 Å². The van der Waals surface area contributed by atoms with E-state index in [-0.39, 0.29) is 14.9 Å². The molecule has 0 unspecified atom stereocenters. The minimum Gasteiger partial charge on any atom is -0.619 e. The average Bonchev–Trinajstić information content (AvgIpc) is 2.40. The molecule has 0 aliphatic heterocycles. The average molecular weight is 306 g/mol. The van der Waals surface area contributed by atoms with Crippen LogP contribution in [0.3, 0.4) is 0 Å². The normalized spacial score (nSPS) is 9.36. The van der Waals surface area contributed by atoms with Gasteiger partial charge in [-0.05, 0) is 23.5 Å². The van der Waals surface area contributed by atoms with Crippen molar-refractivity contribution in [3.63, 3.8) is 0 Å². The molecule has 2 aromatic rings. The molecule has 22 heavy (non-hydrogen) atoms. The summed E-state index contributed by atoms with van der Waals surface area (Å²) in [5.41, 5.74) is 2.28. The Labute approximate surface area is 135 Å². The maximum Gasteiger partial charge on any atom is 0.183 e. The van der Waals surface area contributed by atoms with Crippen LogP contribution in [0.15, 0.2) is 49.1 Å². The topological polar surface area (TPSA) is 53.9 Å². The largest absolute Gasteiger partial charge is 0.619 e. The predicted molar refractivity (Wildman–Crippen MR) is 92.4 cm³/mol. The zero-order valence-corrected chi connectivity index (χ0v) is 12.5. The van der Waals surface area contributed by atoms with E-state index in [0.717, 1.165) is 15.0 Å². The third-order valence-electron chi connectivity index (χ3n) is 2.96. The van der Waals surface area contributed by atoms with Gasteiger partial charge in [0.2, 0.25) is 0 Å². The van der Waals surface area contributed by atoms with E-state index in [2.05, 4.69) is 27.7 Å². The van der Waals surface area contributed by atoms with Crippen LogP contribution < -0.4 is 9.46 Å². The van der Waals surface area contributed by atoms with Crippen molar-refractivity contribution in [1.29, 1.82) is 0 Å². The smallest absolute Gasteiger partial charge is 0.183 e. The Hall–Kier alpha value is -2.10. The van der Waals surface area contributed by atoms with Crippen LogP contribution in [0.2, 0.25) is 0 Å². The van der Waals surface area contributed by atoms with Crippen LogP contribution in [0, 0.1) is 10.4 Å². The summed E-state index contributed by atoms with van der Waals surface area (Å²) in [5, 5.41) is 21.3. The predicted octanol–water partition coefficient (Wildman–Crippen LogP) is 4.16. The molecule has 0 saturated heterocycles. The molecule has 4 nitrogen and oxygen atoms in total. The number of aromatic nitrogens is 2. The van der Waals surface area contributed by atoms with Crippen LogP contribution in [0.1, 0.15) is 65.5 Å². The summed E-state index contributed by atoms with van der Waals surface area (Å²) < 4.78 is 1.63. The Morgan fingerprint density at radius 1 is 0.727 bits per heavy atom. The molecule has 124 valence electrons. The zero-order chi connectivity index (χ0) is 15.1. The first-order valence-electron chi connectivity index (χ1n) is 6.77. The lowest BCUT2D eigenvalue weighted by Crippen LogP contribution is -2.24. The van der Waals surface area contributed by atoms with Gasteiger partial charge >= 0.3 is 0 Å². The van der Waals surface area contributed by atoms with E-state index in [1.54, 1.807) is 12.3 Å². The minimum absolute atomic E-state index is 0. The number of nitrogens with zero attached hydrogens (tertiary/aromatic N) is 2. The van der Waals surface area contributed by atoms with Crippen LogP contribution in [0.25, 0.3) is 0 Å². The second kappa shape index (κ2) is 10.6. The Balaban J connectivity index is 0. The maximum absolute atomic E-state index is 10.7. The molecule has 0 aromatic carbocycles. The highest BCUT2D eigenvalue weighted by atomic mass is 16.5. The molecular weight excluding hydrogens is 276 g/mol. The molecule has 0 N–H and O–H groups in total. The van der Waals surface area contributed by atoms with Crippen LogP contribution in [0.5, 0.6) is 0 Å². The van der Waals surface area contributed by atoms with Gasteiger partial charge in [-0.25, -0.2) is 0 Å². The van der Waals surface area contributed by atoms with Gasteiger partial charge in [-0.2, -0.15) is 9.46 Å². The summed E-state index contributed by atoms with van der Waals surface area (Å²) in [6.45, 7) is 8.33. The van der Waals surface area contributed by atoms with E-state index in [9.17, 15) is 10.4 Å². The third kappa shape index (κ3) is 7.62. The van der Waals surface area contributed by atoms with E-state index >= 15 is 0 Å². The third-order valence-corrected chi connectivity index (χ3v) is 2.96. The Morgan fingerprint density at radius 2 is 1.23 bits per heavy atom. The summed E-state index contributed by atoms with van der Waals surface area (Å²) in [6, 6.07) is 7.41. The second-order valence-electron chi connectivity index (χ2n) is 5.30. The monoisotopic (exact) mass is 306 g/mol. The van der Waals surface area contributed by atoms with Crippen molar-refractivity contribution >= 4 is 0 Å². The van der Waals surface area contributed by atoms with Gasteiger partial charge in [0.25, 0.3) is 0 Å². The van der Waals surface area contributed by atoms with E-state index in [4.69, 9.17) is 0 Å². The van der Waals surface area contributed by atoms with Gasteiger partial charge < -0.3 is 10.4 Å². The fourth-order valence-electron chi connectivity index (χ4n) is 1.62. The standard InChI is InChI=1S/2C8H11NO.2CH4/c1-7(2)8-3-5-9(10)6-4-8;1-7(2)8-4-3-5-9(10)6-8;;/h2*3-7H,1-2H3;2*1H4. The molecule has 0 bridgehead atoms. The maximum atomic E-state index is 10.7. The molecule has 0 radical (unpaired) electrons. The molecule has 0 aliphatic rings. The molecule has 4 heteroatoms. The van der Waals surface area contributed by atoms with E-state index < -0.39 is 0 Å². The first kappa shape index (κ1) is 22.2. The van der Waals surface area contributed by atoms with Gasteiger partial charge in [0.1, 0.15) is 0 Å². The van der Waals surface area contributed by atoms with Gasteiger partial charge in [-0.15, -0.1) is 0 Å². The van der Waals surface area contributed by atoms with Crippen molar-refractivity contribution in [3.05, 3.63) is 70.6 Å². The lowest BCUT2D eigenvalue weighted by Gasteiger charge is -2.02. The van der Waals surface area contributed by atoms with Crippen molar-refractivity contribution in [2.45, 2.75) is 54.4 Å². The summed E-state index contributed by atoms with van der Waals surface area (Å²) in [5.74, 6) is 0.933. The van der Waals surface area contributed by atoms with Crippen molar-refractivity contribution in [1.82, 2.24) is 0 Å². The molecule has 2 aromatic heterocycles. The summed E-state index contributed by atoms with van der Waals surface area (Å²) in [4.78, 5) is 0. The zero-order valence-electron chi connectivity index (χ0n) is 12.5. The summed E-state index contributed by atoms with van der Waals surface area (Å²) in [6.07, 6.45) is 6.14. The minimum atomic E-state index is 0. The molecule has 0 saturated carbocycles. The Morgan fingerprint density at radius 3 is 1.59 bits per heavy atom. The van der Waals surface area contributed by atoms with E-state index in [0.29, 0.717) is 11.8 Å². The highest BCUT2D eigenvalue weighted by Crippen LogP contribution is 2.10. The van der Waals surface area contributed by atoms with E-state index in [1.807, 2.05) is 18.2 Å². The molecule has 0 amide bonds. The van der Waals surface area contributed by atoms with Gasteiger partial charge in [0, 0.05) is 23.8 Å². The Kier molecular flexibility index (Phi) is 10.7. The van der Waals surface area contributed by atoms with Crippen LogP contribution in [0.4, 0.5) is 0 Å². The van der Waals surface area contributed by atoms with Crippen molar-refractivity contribution in [3.8, 4) is 0 Å². The quantitative estimate of drug-likeness (QED) is 0.618. The fraction of sp³-hybridized carbons (Fsp3) is 0.444. The SMILES string of the molecule is C.C.CC(C)c1cc[n+]([O-])cc1.CC(C)c1ccc[n+]([O-])c1.